The minimum atomic E-state index is -0.567. The van der Waals surface area contributed by atoms with Crippen LogP contribution in [0, 0.1) is 5.92 Å². The Bertz CT molecular complexity index is 924. The number of rotatable bonds is 11. The van der Waals surface area contributed by atoms with Crippen LogP contribution >= 0.6 is 46.6 Å². The number of hydrogen-bond acceptors (Lipinski definition) is 3. The molecule has 2 amide bonds. The predicted octanol–water partition coefficient (Wildman–Crippen LogP) is 6.46. The fraction of sp³-hybridized carbons (Fsp3) is 0.417. The highest BCUT2D eigenvalue weighted by molar-refractivity contribution is 7.99. The standard InChI is InChI=1S/C24H29Cl3N2O2S/c1-4-22(24(31)28-12-16(2)3)29(13-18-7-5-6-8-19(18)25)23(30)15-32-14-17-9-10-20(26)21(27)11-17/h5-11,16,22H,4,12-15H2,1-3H3,(H,28,31)/t22-/m0/s1. The Morgan fingerprint density at radius 3 is 2.38 bits per heavy atom. The number of hydrogen-bond donors (Lipinski definition) is 1. The van der Waals surface area contributed by atoms with Crippen LogP contribution in [0.25, 0.3) is 0 Å². The van der Waals surface area contributed by atoms with Gasteiger partial charge in [0.05, 0.1) is 15.8 Å². The third kappa shape index (κ3) is 8.18. The van der Waals surface area contributed by atoms with Crippen molar-refractivity contribution in [2.24, 2.45) is 5.92 Å². The lowest BCUT2D eigenvalue weighted by atomic mass is 10.1. The number of carbonyl (C=O) groups excluding carboxylic acids is 2. The maximum absolute atomic E-state index is 13.2. The number of nitrogens with one attached hydrogen (secondary N) is 1. The second-order valence-corrected chi connectivity index (χ2v) is 10.1. The van der Waals surface area contributed by atoms with Gasteiger partial charge in [-0.05, 0) is 41.7 Å². The Morgan fingerprint density at radius 1 is 1.03 bits per heavy atom. The number of thioether (sulfide) groups is 1. The van der Waals surface area contributed by atoms with E-state index in [1.807, 2.05) is 45.0 Å². The zero-order valence-electron chi connectivity index (χ0n) is 18.5. The first-order valence-electron chi connectivity index (χ1n) is 10.5. The average Bonchev–Trinajstić information content (AvgIpc) is 2.75. The molecule has 0 aliphatic rings. The van der Waals surface area contributed by atoms with Crippen molar-refractivity contribution in [3.63, 3.8) is 0 Å². The topological polar surface area (TPSA) is 49.4 Å². The number of benzene rings is 2. The molecular formula is C24H29Cl3N2O2S. The Morgan fingerprint density at radius 2 is 1.75 bits per heavy atom. The molecule has 0 saturated carbocycles. The van der Waals surface area contributed by atoms with E-state index in [9.17, 15) is 9.59 Å². The van der Waals surface area contributed by atoms with Crippen LogP contribution in [-0.4, -0.2) is 35.1 Å². The van der Waals surface area contributed by atoms with Gasteiger partial charge in [-0.2, -0.15) is 0 Å². The molecule has 0 radical (unpaired) electrons. The summed E-state index contributed by atoms with van der Waals surface area (Å²) >= 11 is 19.9. The smallest absolute Gasteiger partial charge is 0.242 e. The number of carbonyl (C=O) groups is 2. The molecule has 0 fully saturated rings. The summed E-state index contributed by atoms with van der Waals surface area (Å²) in [6, 6.07) is 12.3. The maximum atomic E-state index is 13.2. The van der Waals surface area contributed by atoms with Gasteiger partial charge in [0.25, 0.3) is 0 Å². The van der Waals surface area contributed by atoms with Crippen molar-refractivity contribution in [2.45, 2.75) is 45.5 Å². The van der Waals surface area contributed by atoms with Gasteiger partial charge in [0.2, 0.25) is 11.8 Å². The quantitative estimate of drug-likeness (QED) is 0.373. The van der Waals surface area contributed by atoms with Crippen molar-refractivity contribution in [1.29, 1.82) is 0 Å². The average molecular weight is 516 g/mol. The van der Waals surface area contributed by atoms with Crippen LogP contribution in [0.4, 0.5) is 0 Å². The molecule has 174 valence electrons. The monoisotopic (exact) mass is 514 g/mol. The van der Waals surface area contributed by atoms with E-state index >= 15 is 0 Å². The van der Waals surface area contributed by atoms with Crippen LogP contribution in [-0.2, 0) is 21.9 Å². The van der Waals surface area contributed by atoms with Gasteiger partial charge in [0.1, 0.15) is 6.04 Å². The molecule has 0 aliphatic heterocycles. The molecule has 0 aliphatic carbocycles. The summed E-state index contributed by atoms with van der Waals surface area (Å²) in [6.45, 7) is 6.82. The third-order valence-corrected chi connectivity index (χ3v) is 6.94. The second kappa shape index (κ2) is 13.3. The molecule has 0 bridgehead atoms. The molecule has 1 N–H and O–H groups in total. The first-order chi connectivity index (χ1) is 15.2. The van der Waals surface area contributed by atoms with Crippen LogP contribution in [0.1, 0.15) is 38.3 Å². The van der Waals surface area contributed by atoms with Crippen molar-refractivity contribution < 1.29 is 9.59 Å². The third-order valence-electron chi connectivity index (χ3n) is 4.85. The van der Waals surface area contributed by atoms with Gasteiger partial charge in [-0.15, -0.1) is 11.8 Å². The molecule has 32 heavy (non-hydrogen) atoms. The molecule has 1 atom stereocenters. The summed E-state index contributed by atoms with van der Waals surface area (Å²) in [4.78, 5) is 27.8. The van der Waals surface area contributed by atoms with E-state index in [-0.39, 0.29) is 24.1 Å². The largest absolute Gasteiger partial charge is 0.354 e. The molecule has 0 unspecified atom stereocenters. The fourth-order valence-electron chi connectivity index (χ4n) is 3.12. The van der Waals surface area contributed by atoms with Gasteiger partial charge in [-0.3, -0.25) is 9.59 Å². The Hall–Kier alpha value is -1.40. The summed E-state index contributed by atoms with van der Waals surface area (Å²) in [5, 5.41) is 4.53. The molecule has 4 nitrogen and oxygen atoms in total. The number of amides is 2. The van der Waals surface area contributed by atoms with Gasteiger partial charge in [0, 0.05) is 23.9 Å². The molecule has 0 heterocycles. The Kier molecular flexibility index (Phi) is 11.2. The highest BCUT2D eigenvalue weighted by Crippen LogP contribution is 2.25. The van der Waals surface area contributed by atoms with E-state index in [1.54, 1.807) is 23.1 Å². The van der Waals surface area contributed by atoms with Crippen molar-refractivity contribution in [1.82, 2.24) is 10.2 Å². The zero-order valence-corrected chi connectivity index (χ0v) is 21.6. The molecule has 2 rings (SSSR count). The molecule has 0 spiro atoms. The van der Waals surface area contributed by atoms with Crippen LogP contribution in [0.3, 0.4) is 0 Å². The van der Waals surface area contributed by atoms with Gasteiger partial charge in [-0.25, -0.2) is 0 Å². The van der Waals surface area contributed by atoms with Crippen molar-refractivity contribution in [3.8, 4) is 0 Å². The van der Waals surface area contributed by atoms with Crippen LogP contribution in [0.15, 0.2) is 42.5 Å². The highest BCUT2D eigenvalue weighted by Gasteiger charge is 2.29. The van der Waals surface area contributed by atoms with Gasteiger partial charge >= 0.3 is 0 Å². The first kappa shape index (κ1) is 26.8. The summed E-state index contributed by atoms with van der Waals surface area (Å²) < 4.78 is 0. The Balaban J connectivity index is 2.14. The van der Waals surface area contributed by atoms with Crippen LogP contribution in [0.5, 0.6) is 0 Å². The minimum Gasteiger partial charge on any atom is -0.354 e. The summed E-state index contributed by atoms with van der Waals surface area (Å²) in [6.07, 6.45) is 0.511. The zero-order chi connectivity index (χ0) is 23.7. The minimum absolute atomic E-state index is 0.110. The normalized spacial score (nSPS) is 12.0. The van der Waals surface area contributed by atoms with Gasteiger partial charge < -0.3 is 10.2 Å². The SMILES string of the molecule is CC[C@@H](C(=O)NCC(C)C)N(Cc1ccccc1Cl)C(=O)CSCc1ccc(Cl)c(Cl)c1. The summed E-state index contributed by atoms with van der Waals surface area (Å²) in [5.41, 5.74) is 1.80. The van der Waals surface area contributed by atoms with E-state index in [4.69, 9.17) is 34.8 Å². The fourth-order valence-corrected chi connectivity index (χ4v) is 4.49. The van der Waals surface area contributed by atoms with Gasteiger partial charge in [-0.1, -0.05) is 79.8 Å². The molecule has 2 aromatic rings. The van der Waals surface area contributed by atoms with Crippen LogP contribution < -0.4 is 5.32 Å². The summed E-state index contributed by atoms with van der Waals surface area (Å²) in [5.74, 6) is 0.918. The van der Waals surface area contributed by atoms with Gasteiger partial charge in [0.15, 0.2) is 0 Å². The maximum Gasteiger partial charge on any atom is 0.242 e. The lowest BCUT2D eigenvalue weighted by molar-refractivity contribution is -0.139. The molecular weight excluding hydrogens is 487 g/mol. The number of nitrogens with zero attached hydrogens (tertiary/aromatic N) is 1. The van der Waals surface area contributed by atoms with E-state index in [0.717, 1.165) is 11.1 Å². The van der Waals surface area contributed by atoms with Crippen LogP contribution in [0.2, 0.25) is 15.1 Å². The second-order valence-electron chi connectivity index (χ2n) is 7.92. The summed E-state index contributed by atoms with van der Waals surface area (Å²) in [7, 11) is 0. The first-order valence-corrected chi connectivity index (χ1v) is 12.8. The van der Waals surface area contributed by atoms with Crippen molar-refractivity contribution in [3.05, 3.63) is 68.7 Å². The molecule has 0 saturated heterocycles. The molecule has 2 aromatic carbocycles. The van der Waals surface area contributed by atoms with E-state index in [0.29, 0.717) is 39.7 Å². The van der Waals surface area contributed by atoms with Crippen molar-refractivity contribution >= 4 is 58.4 Å². The predicted molar refractivity (Wildman–Crippen MR) is 137 cm³/mol. The molecule has 0 aromatic heterocycles. The highest BCUT2D eigenvalue weighted by atomic mass is 35.5. The van der Waals surface area contributed by atoms with E-state index in [1.165, 1.54) is 11.8 Å². The lowest BCUT2D eigenvalue weighted by Gasteiger charge is -2.31. The Labute approximate surface area is 210 Å². The van der Waals surface area contributed by atoms with E-state index < -0.39 is 6.04 Å². The molecule has 8 heteroatoms. The van der Waals surface area contributed by atoms with E-state index in [2.05, 4.69) is 5.32 Å². The van der Waals surface area contributed by atoms with Crippen molar-refractivity contribution in [2.75, 3.05) is 12.3 Å². The lowest BCUT2D eigenvalue weighted by Crippen LogP contribution is -2.50. The number of halogens is 3.